The molecule has 5 nitrogen and oxygen atoms in total. The highest BCUT2D eigenvalue weighted by atomic mass is 16.5. The number of amides is 1. The highest BCUT2D eigenvalue weighted by molar-refractivity contribution is 6.13. The van der Waals surface area contributed by atoms with E-state index in [-0.39, 0.29) is 12.5 Å². The maximum absolute atomic E-state index is 12.0. The molecule has 1 aliphatic rings. The van der Waals surface area contributed by atoms with Crippen LogP contribution in [0.3, 0.4) is 0 Å². The van der Waals surface area contributed by atoms with E-state index in [1.807, 2.05) is 18.2 Å². The van der Waals surface area contributed by atoms with Crippen LogP contribution in [0.2, 0.25) is 0 Å². The van der Waals surface area contributed by atoms with Crippen molar-refractivity contribution < 1.29 is 14.3 Å². The van der Waals surface area contributed by atoms with Crippen molar-refractivity contribution in [3.8, 4) is 0 Å². The summed E-state index contributed by atoms with van der Waals surface area (Å²) in [7, 11) is 0. The first-order chi connectivity index (χ1) is 9.72. The average Bonchev–Trinajstić information content (AvgIpc) is 2.82. The van der Waals surface area contributed by atoms with E-state index in [4.69, 9.17) is 4.74 Å². The zero-order valence-electron chi connectivity index (χ0n) is 11.5. The van der Waals surface area contributed by atoms with Gasteiger partial charge in [0, 0.05) is 12.8 Å². The van der Waals surface area contributed by atoms with Crippen LogP contribution in [0.4, 0.5) is 0 Å². The van der Waals surface area contributed by atoms with E-state index in [0.717, 1.165) is 12.8 Å². The summed E-state index contributed by atoms with van der Waals surface area (Å²) in [6.07, 6.45) is 3.05. The van der Waals surface area contributed by atoms with Gasteiger partial charge in [0.1, 0.15) is 0 Å². The van der Waals surface area contributed by atoms with Crippen LogP contribution >= 0.6 is 0 Å². The molecular weight excluding hydrogens is 256 g/mol. The van der Waals surface area contributed by atoms with Crippen molar-refractivity contribution in [1.29, 1.82) is 0 Å². The minimum atomic E-state index is -0.869. The summed E-state index contributed by atoms with van der Waals surface area (Å²) in [5.41, 5.74) is 1.23. The van der Waals surface area contributed by atoms with Gasteiger partial charge in [-0.05, 0) is 25.3 Å². The average molecular weight is 274 g/mol. The molecule has 1 amide bonds. The molecule has 5 heteroatoms. The first-order valence-electron chi connectivity index (χ1n) is 6.78. The number of nitrogens with zero attached hydrogens (tertiary/aromatic N) is 2. The lowest BCUT2D eigenvalue weighted by Gasteiger charge is -2.13. The van der Waals surface area contributed by atoms with Crippen molar-refractivity contribution in [2.75, 3.05) is 13.2 Å². The Morgan fingerprint density at radius 3 is 2.80 bits per heavy atom. The molecule has 0 bridgehead atoms. The molecule has 2 rings (SSSR count). The molecule has 0 spiro atoms. The minimum absolute atomic E-state index is 0.268. The first-order valence-corrected chi connectivity index (χ1v) is 6.78. The molecule has 1 heterocycles. The van der Waals surface area contributed by atoms with Gasteiger partial charge in [-0.15, -0.1) is 0 Å². The number of hydrazone groups is 1. The second-order valence-electron chi connectivity index (χ2n) is 4.54. The molecule has 0 radical (unpaired) electrons. The molecule has 20 heavy (non-hydrogen) atoms. The van der Waals surface area contributed by atoms with E-state index >= 15 is 0 Å². The molecule has 1 unspecified atom stereocenters. The molecule has 1 aromatic carbocycles. The number of benzene rings is 1. The fourth-order valence-corrected chi connectivity index (χ4v) is 2.07. The molecule has 0 N–H and O–H groups in total. The van der Waals surface area contributed by atoms with Crippen LogP contribution in [-0.2, 0) is 20.7 Å². The lowest BCUT2D eigenvalue weighted by atomic mass is 10.1. The lowest BCUT2D eigenvalue weighted by molar-refractivity contribution is -0.150. The summed E-state index contributed by atoms with van der Waals surface area (Å²) >= 11 is 0. The van der Waals surface area contributed by atoms with Gasteiger partial charge in [0.15, 0.2) is 5.92 Å². The summed E-state index contributed by atoms with van der Waals surface area (Å²) < 4.78 is 4.84. The van der Waals surface area contributed by atoms with Gasteiger partial charge in [-0.25, -0.2) is 5.01 Å². The fraction of sp³-hybridized carbons (Fsp3) is 0.400. The Kier molecular flexibility index (Phi) is 4.87. The zero-order chi connectivity index (χ0) is 14.4. The summed E-state index contributed by atoms with van der Waals surface area (Å²) in [5, 5.41) is 5.34. The summed E-state index contributed by atoms with van der Waals surface area (Å²) in [6.45, 7) is 2.50. The van der Waals surface area contributed by atoms with Crippen LogP contribution in [0.1, 0.15) is 18.9 Å². The number of aryl methyl sites for hydroxylation is 1. The van der Waals surface area contributed by atoms with Crippen molar-refractivity contribution in [3.63, 3.8) is 0 Å². The Labute approximate surface area is 118 Å². The second kappa shape index (κ2) is 6.84. The molecule has 1 aliphatic heterocycles. The second-order valence-corrected chi connectivity index (χ2v) is 4.54. The topological polar surface area (TPSA) is 59.0 Å². The molecular formula is C15H18N2O3. The first kappa shape index (κ1) is 14.2. The van der Waals surface area contributed by atoms with E-state index in [0.29, 0.717) is 6.54 Å². The summed E-state index contributed by atoms with van der Waals surface area (Å²) in [6, 6.07) is 10.1. The Hall–Kier alpha value is -2.17. The smallest absolute Gasteiger partial charge is 0.324 e. The maximum atomic E-state index is 12.0. The Bertz CT molecular complexity index is 499. The highest BCUT2D eigenvalue weighted by Crippen LogP contribution is 2.13. The van der Waals surface area contributed by atoms with Gasteiger partial charge in [-0.3, -0.25) is 9.59 Å². The van der Waals surface area contributed by atoms with Gasteiger partial charge >= 0.3 is 5.97 Å². The number of ether oxygens (including phenoxy) is 1. The van der Waals surface area contributed by atoms with Crippen LogP contribution in [0, 0.1) is 5.92 Å². The number of carbonyl (C=O) groups excluding carboxylic acids is 2. The van der Waals surface area contributed by atoms with Crippen molar-refractivity contribution in [3.05, 3.63) is 35.9 Å². The molecule has 0 aliphatic carbocycles. The predicted molar refractivity (Wildman–Crippen MR) is 75.1 cm³/mol. The van der Waals surface area contributed by atoms with E-state index in [1.54, 1.807) is 6.92 Å². The minimum Gasteiger partial charge on any atom is -0.465 e. The molecule has 0 aromatic heterocycles. The van der Waals surface area contributed by atoms with Crippen molar-refractivity contribution in [1.82, 2.24) is 5.01 Å². The number of hydrogen-bond acceptors (Lipinski definition) is 4. The van der Waals surface area contributed by atoms with Crippen molar-refractivity contribution in [2.45, 2.75) is 19.8 Å². The van der Waals surface area contributed by atoms with E-state index in [2.05, 4.69) is 17.2 Å². The number of carbonyl (C=O) groups is 2. The molecule has 0 saturated carbocycles. The third-order valence-corrected chi connectivity index (χ3v) is 3.09. The molecule has 0 fully saturated rings. The number of hydrogen-bond donors (Lipinski definition) is 0. The van der Waals surface area contributed by atoms with Crippen LogP contribution in [0.5, 0.6) is 0 Å². The van der Waals surface area contributed by atoms with Crippen LogP contribution in [0.15, 0.2) is 35.4 Å². The van der Waals surface area contributed by atoms with Gasteiger partial charge in [-0.1, -0.05) is 30.3 Å². The van der Waals surface area contributed by atoms with Crippen LogP contribution < -0.4 is 0 Å². The quantitative estimate of drug-likeness (QED) is 0.585. The fourth-order valence-electron chi connectivity index (χ4n) is 2.07. The van der Waals surface area contributed by atoms with Gasteiger partial charge in [-0.2, -0.15) is 5.10 Å². The lowest BCUT2D eigenvalue weighted by Crippen LogP contribution is -2.32. The van der Waals surface area contributed by atoms with Gasteiger partial charge in [0.2, 0.25) is 0 Å². The molecule has 0 saturated heterocycles. The normalized spacial score (nSPS) is 17.6. The van der Waals surface area contributed by atoms with Gasteiger partial charge < -0.3 is 4.74 Å². The van der Waals surface area contributed by atoms with Crippen molar-refractivity contribution >= 4 is 18.1 Å². The Morgan fingerprint density at radius 2 is 2.10 bits per heavy atom. The molecule has 1 aromatic rings. The number of esters is 1. The van der Waals surface area contributed by atoms with Gasteiger partial charge in [0.05, 0.1) is 6.61 Å². The highest BCUT2D eigenvalue weighted by Gasteiger charge is 2.34. The largest absolute Gasteiger partial charge is 0.465 e. The van der Waals surface area contributed by atoms with Crippen molar-refractivity contribution in [2.24, 2.45) is 11.0 Å². The molecule has 1 atom stereocenters. The number of rotatable bonds is 6. The Balaban J connectivity index is 1.79. The van der Waals surface area contributed by atoms with Crippen LogP contribution in [0.25, 0.3) is 0 Å². The SMILES string of the molecule is CCOC(=O)C1C=NN(CCCc2ccccc2)C1=O. The zero-order valence-corrected chi connectivity index (χ0v) is 11.5. The third-order valence-electron chi connectivity index (χ3n) is 3.09. The Morgan fingerprint density at radius 1 is 1.35 bits per heavy atom. The monoisotopic (exact) mass is 274 g/mol. The van der Waals surface area contributed by atoms with E-state index in [1.165, 1.54) is 16.8 Å². The molecule has 106 valence electrons. The van der Waals surface area contributed by atoms with Crippen LogP contribution in [-0.4, -0.2) is 36.3 Å². The maximum Gasteiger partial charge on any atom is 0.324 e. The standard InChI is InChI=1S/C15H18N2O3/c1-2-20-15(19)13-11-16-17(14(13)18)10-6-9-12-7-4-3-5-8-12/h3-5,7-8,11,13H,2,6,9-10H2,1H3. The van der Waals surface area contributed by atoms with E-state index < -0.39 is 11.9 Å². The van der Waals surface area contributed by atoms with E-state index in [9.17, 15) is 9.59 Å². The summed E-state index contributed by atoms with van der Waals surface area (Å²) in [4.78, 5) is 23.5. The predicted octanol–water partition coefficient (Wildman–Crippen LogP) is 1.63. The third kappa shape index (κ3) is 3.44. The summed E-state index contributed by atoms with van der Waals surface area (Å²) in [5.74, 6) is -1.69. The van der Waals surface area contributed by atoms with Gasteiger partial charge in [0.25, 0.3) is 5.91 Å².